The van der Waals surface area contributed by atoms with Crippen LogP contribution >= 0.6 is 0 Å². The Bertz CT molecular complexity index is 812. The highest BCUT2D eigenvalue weighted by Gasteiger charge is 2.13. The van der Waals surface area contributed by atoms with Gasteiger partial charge in [0.1, 0.15) is 26.9 Å². The highest BCUT2D eigenvalue weighted by molar-refractivity contribution is 7.92. The first kappa shape index (κ1) is 17.3. The first-order chi connectivity index (χ1) is 10.8. The molecule has 2 rings (SSSR count). The van der Waals surface area contributed by atoms with E-state index in [2.05, 4.69) is 9.71 Å². The number of hydrogen-bond donors (Lipinski definition) is 1. The predicted octanol–water partition coefficient (Wildman–Crippen LogP) is 1.57. The molecule has 0 bridgehead atoms. The molecule has 0 aliphatic rings. The van der Waals surface area contributed by atoms with Crippen LogP contribution in [0.2, 0.25) is 0 Å². The summed E-state index contributed by atoms with van der Waals surface area (Å²) in [4.78, 5) is 4.04. The highest BCUT2D eigenvalue weighted by atomic mass is 32.2. The highest BCUT2D eigenvalue weighted by Crippen LogP contribution is 2.31. The molecule has 1 aromatic carbocycles. The fourth-order valence-electron chi connectivity index (χ4n) is 2.20. The Morgan fingerprint density at radius 2 is 2.04 bits per heavy atom. The normalized spacial score (nSPS) is 11.3. The molecule has 1 aromatic heterocycles. The van der Waals surface area contributed by atoms with Crippen LogP contribution in [0, 0.1) is 6.92 Å². The minimum absolute atomic E-state index is 0.103. The van der Waals surface area contributed by atoms with Crippen molar-refractivity contribution >= 4 is 29.0 Å². The number of alkyl halides is 1. The minimum Gasteiger partial charge on any atom is -0.491 e. The van der Waals surface area contributed by atoms with E-state index in [4.69, 9.17) is 12.6 Å². The van der Waals surface area contributed by atoms with Crippen LogP contribution in [0.25, 0.3) is 11.1 Å². The third kappa shape index (κ3) is 4.45. The molecular formula is C15H16BFN2O3S. The summed E-state index contributed by atoms with van der Waals surface area (Å²) in [7, 11) is 2.51. The molecule has 0 atom stereocenters. The van der Waals surface area contributed by atoms with Gasteiger partial charge in [-0.2, -0.15) is 0 Å². The molecule has 0 saturated heterocycles. The van der Waals surface area contributed by atoms with Crippen molar-refractivity contribution in [2.75, 3.05) is 24.3 Å². The number of rotatable bonds is 6. The van der Waals surface area contributed by atoms with Crippen LogP contribution in [-0.4, -0.2) is 40.8 Å². The summed E-state index contributed by atoms with van der Waals surface area (Å²) in [6.45, 7) is 1.09. The quantitative estimate of drug-likeness (QED) is 0.815. The fraction of sp³-hybridized carbons (Fsp3) is 0.267. The van der Waals surface area contributed by atoms with Gasteiger partial charge in [-0.1, -0.05) is 6.07 Å². The number of sulfonamides is 1. The summed E-state index contributed by atoms with van der Waals surface area (Å²) >= 11 is 0. The number of aromatic nitrogens is 1. The molecule has 0 aliphatic carbocycles. The number of pyridine rings is 1. The first-order valence-corrected chi connectivity index (χ1v) is 8.72. The summed E-state index contributed by atoms with van der Waals surface area (Å²) in [5.41, 5.74) is 2.97. The standard InChI is InChI=1S/C15H16BFN2O3S/c1-10-7-11(19-23(2,20)21)3-4-12(10)13-8-18-9-14(16)15(13)22-6-5-17/h3-4,7-9,19H,5-6H2,1-2H3. The van der Waals surface area contributed by atoms with Crippen LogP contribution < -0.4 is 14.9 Å². The van der Waals surface area contributed by atoms with Gasteiger partial charge >= 0.3 is 0 Å². The van der Waals surface area contributed by atoms with Crippen LogP contribution in [0.4, 0.5) is 10.1 Å². The fourth-order valence-corrected chi connectivity index (χ4v) is 2.76. The number of nitrogens with one attached hydrogen (secondary N) is 1. The van der Waals surface area contributed by atoms with Crippen molar-refractivity contribution in [1.82, 2.24) is 4.98 Å². The monoisotopic (exact) mass is 334 g/mol. The number of halogens is 1. The van der Waals surface area contributed by atoms with Gasteiger partial charge in [0.2, 0.25) is 10.0 Å². The van der Waals surface area contributed by atoms with Crippen molar-refractivity contribution in [2.24, 2.45) is 0 Å². The van der Waals surface area contributed by atoms with E-state index in [0.29, 0.717) is 22.5 Å². The smallest absolute Gasteiger partial charge is 0.229 e. The lowest BCUT2D eigenvalue weighted by Gasteiger charge is -2.15. The molecule has 1 heterocycles. The van der Waals surface area contributed by atoms with Gasteiger partial charge in [0.25, 0.3) is 0 Å². The molecule has 1 N–H and O–H groups in total. The van der Waals surface area contributed by atoms with E-state index in [9.17, 15) is 12.8 Å². The Balaban J connectivity index is 2.45. The molecule has 0 spiro atoms. The molecule has 120 valence electrons. The lowest BCUT2D eigenvalue weighted by molar-refractivity contribution is 0.276. The van der Waals surface area contributed by atoms with E-state index in [1.54, 1.807) is 24.4 Å². The molecule has 0 unspecified atom stereocenters. The first-order valence-electron chi connectivity index (χ1n) is 6.83. The molecule has 5 nitrogen and oxygen atoms in total. The van der Waals surface area contributed by atoms with E-state index in [1.165, 1.54) is 6.20 Å². The van der Waals surface area contributed by atoms with Crippen molar-refractivity contribution in [2.45, 2.75) is 6.92 Å². The van der Waals surface area contributed by atoms with E-state index >= 15 is 0 Å². The number of aryl methyl sites for hydroxylation is 1. The summed E-state index contributed by atoms with van der Waals surface area (Å²) < 4.78 is 42.8. The zero-order chi connectivity index (χ0) is 17.0. The van der Waals surface area contributed by atoms with Gasteiger partial charge in [0.15, 0.2) is 0 Å². The van der Waals surface area contributed by atoms with Crippen molar-refractivity contribution < 1.29 is 17.5 Å². The lowest BCUT2D eigenvalue weighted by Crippen LogP contribution is -2.13. The van der Waals surface area contributed by atoms with E-state index in [1.807, 2.05) is 6.92 Å². The van der Waals surface area contributed by atoms with Gasteiger partial charge in [-0.15, -0.1) is 0 Å². The molecule has 0 aliphatic heterocycles. The number of ether oxygens (including phenoxy) is 1. The van der Waals surface area contributed by atoms with Gasteiger partial charge in [0, 0.05) is 23.6 Å². The largest absolute Gasteiger partial charge is 0.491 e. The van der Waals surface area contributed by atoms with Crippen LogP contribution in [-0.2, 0) is 10.0 Å². The second-order valence-electron chi connectivity index (χ2n) is 5.05. The average Bonchev–Trinajstić information content (AvgIpc) is 2.44. The maximum atomic E-state index is 12.4. The molecule has 2 radical (unpaired) electrons. The van der Waals surface area contributed by atoms with Gasteiger partial charge in [-0.05, 0) is 35.6 Å². The molecule has 8 heteroatoms. The average molecular weight is 334 g/mol. The maximum absolute atomic E-state index is 12.4. The van der Waals surface area contributed by atoms with Crippen LogP contribution in [0.1, 0.15) is 5.56 Å². The predicted molar refractivity (Wildman–Crippen MR) is 89.7 cm³/mol. The van der Waals surface area contributed by atoms with Crippen molar-refractivity contribution in [3.63, 3.8) is 0 Å². The Morgan fingerprint density at radius 1 is 1.30 bits per heavy atom. The SMILES string of the molecule is [B]c1cncc(-c2ccc(NS(C)(=O)=O)cc2C)c1OCCF. The number of nitrogens with zero attached hydrogens (tertiary/aromatic N) is 1. The van der Waals surface area contributed by atoms with Crippen molar-refractivity contribution in [3.8, 4) is 16.9 Å². The number of benzene rings is 1. The Kier molecular flexibility index (Phi) is 5.25. The Hall–Kier alpha value is -2.09. The molecule has 0 fully saturated rings. The second-order valence-corrected chi connectivity index (χ2v) is 6.80. The molecule has 23 heavy (non-hydrogen) atoms. The van der Waals surface area contributed by atoms with Crippen LogP contribution in [0.5, 0.6) is 5.75 Å². The number of anilines is 1. The lowest BCUT2D eigenvalue weighted by atomic mass is 9.91. The van der Waals surface area contributed by atoms with Crippen LogP contribution in [0.15, 0.2) is 30.6 Å². The second kappa shape index (κ2) is 7.00. The molecule has 0 saturated carbocycles. The third-order valence-corrected chi connectivity index (χ3v) is 3.67. The zero-order valence-corrected chi connectivity index (χ0v) is 13.7. The summed E-state index contributed by atoms with van der Waals surface area (Å²) in [6, 6.07) is 5.06. The summed E-state index contributed by atoms with van der Waals surface area (Å²) in [6.07, 6.45) is 4.10. The van der Waals surface area contributed by atoms with Gasteiger partial charge in [0.05, 0.1) is 6.26 Å². The topological polar surface area (TPSA) is 68.3 Å². The summed E-state index contributed by atoms with van der Waals surface area (Å²) in [5, 5.41) is 0. The zero-order valence-electron chi connectivity index (χ0n) is 12.8. The van der Waals surface area contributed by atoms with Gasteiger partial charge < -0.3 is 4.74 Å². The van der Waals surface area contributed by atoms with Crippen molar-refractivity contribution in [1.29, 1.82) is 0 Å². The van der Waals surface area contributed by atoms with E-state index < -0.39 is 16.7 Å². The maximum Gasteiger partial charge on any atom is 0.229 e. The third-order valence-electron chi connectivity index (χ3n) is 3.07. The number of hydrogen-bond acceptors (Lipinski definition) is 4. The molecule has 2 aromatic rings. The minimum atomic E-state index is -3.35. The van der Waals surface area contributed by atoms with Gasteiger partial charge in [-0.3, -0.25) is 9.71 Å². The Morgan fingerprint density at radius 3 is 2.65 bits per heavy atom. The summed E-state index contributed by atoms with van der Waals surface area (Å²) in [5.74, 6) is 0.365. The Labute approximate surface area is 136 Å². The van der Waals surface area contributed by atoms with Crippen LogP contribution in [0.3, 0.4) is 0 Å². The van der Waals surface area contributed by atoms with Gasteiger partial charge in [-0.25, -0.2) is 12.8 Å². The molecular weight excluding hydrogens is 318 g/mol. The molecule has 0 amide bonds. The van der Waals surface area contributed by atoms with Crippen molar-refractivity contribution in [3.05, 3.63) is 36.2 Å². The van der Waals surface area contributed by atoms with E-state index in [0.717, 1.165) is 17.4 Å². The van der Waals surface area contributed by atoms with E-state index in [-0.39, 0.29) is 6.61 Å².